The van der Waals surface area contributed by atoms with Gasteiger partial charge in [-0.2, -0.15) is 0 Å². The second kappa shape index (κ2) is 10.9. The van der Waals surface area contributed by atoms with Gasteiger partial charge in [-0.3, -0.25) is 4.79 Å². The quantitative estimate of drug-likeness (QED) is 0.462. The molecule has 1 fully saturated rings. The van der Waals surface area contributed by atoms with Crippen LogP contribution in [-0.2, 0) is 23.0 Å². The third-order valence-electron chi connectivity index (χ3n) is 6.74. The number of amides is 1. The molecule has 0 N–H and O–H groups in total. The molecule has 36 heavy (non-hydrogen) atoms. The Morgan fingerprint density at radius 3 is 2.61 bits per heavy atom. The zero-order valence-electron chi connectivity index (χ0n) is 21.7. The average molecular weight is 495 g/mol. The fourth-order valence-corrected chi connectivity index (χ4v) is 4.80. The summed E-state index contributed by atoms with van der Waals surface area (Å²) in [7, 11) is 3.46. The standard InChI is InChI=1S/C26H34N6O4/c1-6-36-26(34)19-8-10-21(27-16-19)31-12-7-13-32(15-14-31)22(33)11-9-20-17(2)23-24(28-18(20)3)30(4)29-25(23)35-5/h8,10,16H,6-7,9,11-15H2,1-5H3. The minimum absolute atomic E-state index is 0.138. The predicted molar refractivity (Wildman–Crippen MR) is 136 cm³/mol. The Morgan fingerprint density at radius 2 is 1.92 bits per heavy atom. The number of methoxy groups -OCH3 is 1. The van der Waals surface area contributed by atoms with Crippen molar-refractivity contribution in [1.29, 1.82) is 0 Å². The summed E-state index contributed by atoms with van der Waals surface area (Å²) in [6.45, 7) is 8.97. The Morgan fingerprint density at radius 1 is 1.11 bits per heavy atom. The normalized spacial score (nSPS) is 14.1. The molecule has 3 aromatic rings. The van der Waals surface area contributed by atoms with E-state index in [2.05, 4.69) is 15.0 Å². The van der Waals surface area contributed by atoms with E-state index in [1.165, 1.54) is 0 Å². The highest BCUT2D eigenvalue weighted by Gasteiger charge is 2.22. The first-order valence-electron chi connectivity index (χ1n) is 12.4. The van der Waals surface area contributed by atoms with Crippen LogP contribution >= 0.6 is 0 Å². The van der Waals surface area contributed by atoms with Gasteiger partial charge in [0.25, 0.3) is 0 Å². The zero-order valence-corrected chi connectivity index (χ0v) is 21.7. The minimum atomic E-state index is -0.369. The van der Waals surface area contributed by atoms with Crippen molar-refractivity contribution in [3.63, 3.8) is 0 Å². The summed E-state index contributed by atoms with van der Waals surface area (Å²) in [4.78, 5) is 38.3. The van der Waals surface area contributed by atoms with E-state index in [0.717, 1.165) is 46.6 Å². The highest BCUT2D eigenvalue weighted by Crippen LogP contribution is 2.30. The van der Waals surface area contributed by atoms with Crippen LogP contribution in [0.1, 0.15) is 46.9 Å². The van der Waals surface area contributed by atoms with Crippen LogP contribution in [0, 0.1) is 13.8 Å². The lowest BCUT2D eigenvalue weighted by atomic mass is 10.00. The topological polar surface area (TPSA) is 103 Å². The highest BCUT2D eigenvalue weighted by atomic mass is 16.5. The average Bonchev–Trinajstić information content (AvgIpc) is 3.03. The van der Waals surface area contributed by atoms with Gasteiger partial charge in [-0.05, 0) is 56.9 Å². The Hall–Kier alpha value is -3.69. The number of anilines is 1. The lowest BCUT2D eigenvalue weighted by molar-refractivity contribution is -0.130. The van der Waals surface area contributed by atoms with Gasteiger partial charge in [-0.1, -0.05) is 0 Å². The lowest BCUT2D eigenvalue weighted by Crippen LogP contribution is -2.35. The zero-order chi connectivity index (χ0) is 25.8. The maximum absolute atomic E-state index is 13.1. The highest BCUT2D eigenvalue weighted by molar-refractivity contribution is 5.89. The van der Waals surface area contributed by atoms with Crippen LogP contribution in [0.15, 0.2) is 18.3 Å². The third-order valence-corrected chi connectivity index (χ3v) is 6.74. The number of hydrogen-bond acceptors (Lipinski definition) is 8. The van der Waals surface area contributed by atoms with Crippen molar-refractivity contribution in [2.45, 2.75) is 40.0 Å². The van der Waals surface area contributed by atoms with Crippen LogP contribution in [0.2, 0.25) is 0 Å². The van der Waals surface area contributed by atoms with E-state index in [0.29, 0.717) is 50.5 Å². The van der Waals surface area contributed by atoms with Crippen LogP contribution in [0.3, 0.4) is 0 Å². The van der Waals surface area contributed by atoms with E-state index in [-0.39, 0.29) is 11.9 Å². The molecule has 4 heterocycles. The van der Waals surface area contributed by atoms with Crippen LogP contribution in [0.5, 0.6) is 5.88 Å². The third kappa shape index (κ3) is 5.12. The molecule has 192 valence electrons. The van der Waals surface area contributed by atoms with Crippen molar-refractivity contribution < 1.29 is 19.1 Å². The Kier molecular flexibility index (Phi) is 7.71. The van der Waals surface area contributed by atoms with E-state index >= 15 is 0 Å². The second-order valence-electron chi connectivity index (χ2n) is 8.98. The summed E-state index contributed by atoms with van der Waals surface area (Å²) in [5.74, 6) is 1.13. The molecular weight excluding hydrogens is 460 g/mol. The number of carbonyl (C=O) groups is 2. The molecule has 1 amide bonds. The maximum atomic E-state index is 13.1. The van der Waals surface area contributed by atoms with Gasteiger partial charge in [0.2, 0.25) is 11.8 Å². The van der Waals surface area contributed by atoms with Gasteiger partial charge in [0.15, 0.2) is 5.65 Å². The molecule has 1 aliphatic heterocycles. The number of aromatic nitrogens is 4. The van der Waals surface area contributed by atoms with Gasteiger partial charge >= 0.3 is 5.97 Å². The largest absolute Gasteiger partial charge is 0.479 e. The fourth-order valence-electron chi connectivity index (χ4n) is 4.80. The van der Waals surface area contributed by atoms with Gasteiger partial charge < -0.3 is 19.3 Å². The summed E-state index contributed by atoms with van der Waals surface area (Å²) in [5, 5.41) is 5.31. The van der Waals surface area contributed by atoms with Crippen LogP contribution in [0.4, 0.5) is 5.82 Å². The van der Waals surface area contributed by atoms with Crippen molar-refractivity contribution in [1.82, 2.24) is 24.6 Å². The van der Waals surface area contributed by atoms with E-state index in [4.69, 9.17) is 14.5 Å². The number of rotatable bonds is 7. The van der Waals surface area contributed by atoms with Crippen molar-refractivity contribution >= 4 is 28.7 Å². The first kappa shape index (κ1) is 25.4. The monoisotopic (exact) mass is 494 g/mol. The molecular formula is C26H34N6O4. The molecule has 0 aromatic carbocycles. The number of fused-ring (bicyclic) bond motifs is 1. The molecule has 1 aliphatic rings. The van der Waals surface area contributed by atoms with Crippen molar-refractivity contribution in [3.8, 4) is 5.88 Å². The Bertz CT molecular complexity index is 1250. The number of aryl methyl sites for hydroxylation is 3. The minimum Gasteiger partial charge on any atom is -0.479 e. The van der Waals surface area contributed by atoms with Crippen molar-refractivity contribution in [2.75, 3.05) is 44.8 Å². The van der Waals surface area contributed by atoms with Gasteiger partial charge in [0.05, 0.1) is 24.7 Å². The summed E-state index contributed by atoms with van der Waals surface area (Å²) in [6, 6.07) is 3.58. The Labute approximate surface area is 211 Å². The number of hydrogen-bond donors (Lipinski definition) is 0. The first-order valence-corrected chi connectivity index (χ1v) is 12.4. The van der Waals surface area contributed by atoms with Gasteiger partial charge in [-0.15, -0.1) is 5.10 Å². The predicted octanol–water partition coefficient (Wildman–Crippen LogP) is 2.84. The number of carbonyl (C=O) groups excluding carboxylic acids is 2. The molecule has 1 saturated heterocycles. The first-order chi connectivity index (χ1) is 17.3. The molecule has 3 aromatic heterocycles. The molecule has 0 radical (unpaired) electrons. The molecule has 0 unspecified atom stereocenters. The second-order valence-corrected chi connectivity index (χ2v) is 8.98. The van der Waals surface area contributed by atoms with Crippen molar-refractivity contribution in [2.24, 2.45) is 7.05 Å². The molecule has 4 rings (SSSR count). The number of ether oxygens (including phenoxy) is 2. The van der Waals surface area contributed by atoms with E-state index < -0.39 is 0 Å². The summed E-state index contributed by atoms with van der Waals surface area (Å²) >= 11 is 0. The van der Waals surface area contributed by atoms with Gasteiger partial charge in [0.1, 0.15) is 5.82 Å². The van der Waals surface area contributed by atoms with Crippen molar-refractivity contribution in [3.05, 3.63) is 40.7 Å². The number of esters is 1. The van der Waals surface area contributed by atoms with E-state index in [1.54, 1.807) is 31.0 Å². The van der Waals surface area contributed by atoms with E-state index in [9.17, 15) is 9.59 Å². The van der Waals surface area contributed by atoms with E-state index in [1.807, 2.05) is 31.9 Å². The smallest absolute Gasteiger partial charge is 0.339 e. The molecule has 0 saturated carbocycles. The summed E-state index contributed by atoms with van der Waals surface area (Å²) in [5.41, 5.74) is 4.28. The molecule has 0 atom stereocenters. The maximum Gasteiger partial charge on any atom is 0.339 e. The van der Waals surface area contributed by atoms with Gasteiger partial charge in [-0.25, -0.2) is 19.4 Å². The lowest BCUT2D eigenvalue weighted by Gasteiger charge is -2.23. The number of nitrogens with zero attached hydrogens (tertiary/aromatic N) is 6. The molecule has 0 aliphatic carbocycles. The molecule has 10 nitrogen and oxygen atoms in total. The summed E-state index contributed by atoms with van der Waals surface area (Å²) < 4.78 is 12.2. The summed E-state index contributed by atoms with van der Waals surface area (Å²) in [6.07, 6.45) is 3.44. The Balaban J connectivity index is 1.39. The van der Waals surface area contributed by atoms with Gasteiger partial charge in [0, 0.05) is 51.5 Å². The molecule has 10 heteroatoms. The van der Waals surface area contributed by atoms with Crippen LogP contribution in [-0.4, -0.2) is 76.4 Å². The molecule has 0 bridgehead atoms. The van der Waals surface area contributed by atoms with Crippen LogP contribution in [0.25, 0.3) is 11.0 Å². The number of pyridine rings is 2. The van der Waals surface area contributed by atoms with Crippen LogP contribution < -0.4 is 9.64 Å². The SMILES string of the molecule is CCOC(=O)c1ccc(N2CCCN(C(=O)CCc3c(C)nc4c(c(OC)nn4C)c3C)CC2)nc1. The fraction of sp³-hybridized carbons (Fsp3) is 0.500. The molecule has 0 spiro atoms.